The molecule has 0 aromatic heterocycles. The first-order valence-electron chi connectivity index (χ1n) is 7.48. The van der Waals surface area contributed by atoms with Gasteiger partial charge in [-0.05, 0) is 61.7 Å². The Bertz CT molecular complexity index is 323. The molecule has 4 saturated carbocycles. The molecule has 4 bridgehead atoms. The summed E-state index contributed by atoms with van der Waals surface area (Å²) in [6, 6.07) is 0. The third-order valence-electron chi connectivity index (χ3n) is 5.52. The van der Waals surface area contributed by atoms with Crippen LogP contribution < -0.4 is 0 Å². The molecule has 0 amide bonds. The van der Waals surface area contributed by atoms with Crippen LogP contribution in [-0.2, 0) is 14.3 Å². The molecule has 0 aromatic carbocycles. The Balaban J connectivity index is 1.39. The zero-order valence-electron chi connectivity index (χ0n) is 10.9. The molecule has 0 spiro atoms. The van der Waals surface area contributed by atoms with Crippen LogP contribution in [0.5, 0.6) is 0 Å². The van der Waals surface area contributed by atoms with E-state index in [4.69, 9.17) is 9.47 Å². The molecular formula is C15H22O3. The molecule has 4 aliphatic carbocycles. The lowest BCUT2D eigenvalue weighted by Gasteiger charge is -2.56. The molecule has 0 N–H and O–H groups in total. The summed E-state index contributed by atoms with van der Waals surface area (Å²) in [5, 5.41) is 0. The van der Waals surface area contributed by atoms with Crippen molar-refractivity contribution >= 4 is 5.97 Å². The number of hydrogen-bond acceptors (Lipinski definition) is 3. The average molecular weight is 250 g/mol. The van der Waals surface area contributed by atoms with E-state index < -0.39 is 0 Å². The summed E-state index contributed by atoms with van der Waals surface area (Å²) in [6.45, 7) is 1.25. The van der Waals surface area contributed by atoms with Gasteiger partial charge in [0.25, 0.3) is 0 Å². The Labute approximate surface area is 108 Å². The normalized spacial score (nSPS) is 48.2. The number of ether oxygens (including phenoxy) is 2. The predicted octanol–water partition coefficient (Wildman–Crippen LogP) is 2.53. The molecule has 1 unspecified atom stereocenters. The first-order valence-corrected chi connectivity index (χ1v) is 7.48. The van der Waals surface area contributed by atoms with Crippen molar-refractivity contribution in [2.24, 2.45) is 23.2 Å². The number of carbonyl (C=O) groups is 1. The molecule has 1 atom stereocenters. The van der Waals surface area contributed by atoms with Crippen LogP contribution in [0, 0.1) is 23.2 Å². The third-order valence-corrected chi connectivity index (χ3v) is 5.52. The fourth-order valence-corrected chi connectivity index (χ4v) is 5.21. The van der Waals surface area contributed by atoms with Crippen LogP contribution in [-0.4, -0.2) is 25.3 Å². The quantitative estimate of drug-likeness (QED) is 0.568. The van der Waals surface area contributed by atoms with Crippen LogP contribution >= 0.6 is 0 Å². The molecule has 5 fully saturated rings. The van der Waals surface area contributed by atoms with Gasteiger partial charge in [-0.25, -0.2) is 0 Å². The maximum Gasteiger partial charge on any atom is 0.306 e. The van der Waals surface area contributed by atoms with E-state index in [0.29, 0.717) is 18.4 Å². The SMILES string of the molecule is O=C(CC12CC3CC(CC(C3)C1)C2)OCC1CO1. The monoisotopic (exact) mass is 250 g/mol. The fraction of sp³-hybridized carbons (Fsp3) is 0.933. The second kappa shape index (κ2) is 3.96. The Morgan fingerprint density at radius 3 is 2.17 bits per heavy atom. The van der Waals surface area contributed by atoms with Crippen LogP contribution in [0.15, 0.2) is 0 Å². The van der Waals surface area contributed by atoms with Gasteiger partial charge in [-0.15, -0.1) is 0 Å². The summed E-state index contributed by atoms with van der Waals surface area (Å²) in [7, 11) is 0. The maximum atomic E-state index is 12.0. The number of esters is 1. The predicted molar refractivity (Wildman–Crippen MR) is 65.9 cm³/mol. The maximum absolute atomic E-state index is 12.0. The van der Waals surface area contributed by atoms with Gasteiger partial charge in [-0.3, -0.25) is 4.79 Å². The van der Waals surface area contributed by atoms with Gasteiger partial charge in [-0.1, -0.05) is 0 Å². The smallest absolute Gasteiger partial charge is 0.306 e. The Morgan fingerprint density at radius 1 is 1.11 bits per heavy atom. The molecule has 0 aromatic rings. The van der Waals surface area contributed by atoms with Crippen LogP contribution in [0.2, 0.25) is 0 Å². The number of rotatable bonds is 4. The van der Waals surface area contributed by atoms with Crippen molar-refractivity contribution in [3.8, 4) is 0 Å². The topological polar surface area (TPSA) is 38.8 Å². The van der Waals surface area contributed by atoms with E-state index in [2.05, 4.69) is 0 Å². The van der Waals surface area contributed by atoms with Crippen LogP contribution in [0.25, 0.3) is 0 Å². The summed E-state index contributed by atoms with van der Waals surface area (Å²) in [4.78, 5) is 12.0. The van der Waals surface area contributed by atoms with Crippen molar-refractivity contribution in [3.63, 3.8) is 0 Å². The number of carbonyl (C=O) groups excluding carboxylic acids is 1. The average Bonchev–Trinajstić information content (AvgIpc) is 3.07. The van der Waals surface area contributed by atoms with Crippen molar-refractivity contribution in [1.82, 2.24) is 0 Å². The van der Waals surface area contributed by atoms with E-state index in [0.717, 1.165) is 24.4 Å². The van der Waals surface area contributed by atoms with Crippen LogP contribution in [0.4, 0.5) is 0 Å². The molecule has 3 heteroatoms. The van der Waals surface area contributed by atoms with E-state index in [9.17, 15) is 4.79 Å². The molecular weight excluding hydrogens is 228 g/mol. The highest BCUT2D eigenvalue weighted by Gasteiger charge is 2.51. The number of hydrogen-bond donors (Lipinski definition) is 0. The zero-order valence-corrected chi connectivity index (χ0v) is 10.9. The third kappa shape index (κ3) is 2.07. The molecule has 1 heterocycles. The van der Waals surface area contributed by atoms with E-state index in [1.165, 1.54) is 38.5 Å². The highest BCUT2D eigenvalue weighted by molar-refractivity contribution is 5.70. The fourth-order valence-electron chi connectivity index (χ4n) is 5.21. The molecule has 100 valence electrons. The van der Waals surface area contributed by atoms with E-state index in [1.54, 1.807) is 0 Å². The summed E-state index contributed by atoms with van der Waals surface area (Å²) in [5.74, 6) is 2.76. The lowest BCUT2D eigenvalue weighted by atomic mass is 9.49. The Kier molecular flexibility index (Phi) is 2.48. The summed E-state index contributed by atoms with van der Waals surface area (Å²) in [5.41, 5.74) is 0.316. The second-order valence-corrected chi connectivity index (χ2v) is 7.23. The van der Waals surface area contributed by atoms with Gasteiger partial charge in [-0.2, -0.15) is 0 Å². The van der Waals surface area contributed by atoms with Gasteiger partial charge in [0, 0.05) is 0 Å². The van der Waals surface area contributed by atoms with Gasteiger partial charge in [0.2, 0.25) is 0 Å². The highest BCUT2D eigenvalue weighted by Crippen LogP contribution is 2.61. The van der Waals surface area contributed by atoms with Crippen molar-refractivity contribution < 1.29 is 14.3 Å². The Hall–Kier alpha value is -0.570. The van der Waals surface area contributed by atoms with Crippen molar-refractivity contribution in [3.05, 3.63) is 0 Å². The summed E-state index contributed by atoms with van der Waals surface area (Å²) >= 11 is 0. The van der Waals surface area contributed by atoms with E-state index in [1.807, 2.05) is 0 Å². The van der Waals surface area contributed by atoms with Gasteiger partial charge in [0.15, 0.2) is 0 Å². The molecule has 3 nitrogen and oxygen atoms in total. The number of epoxide rings is 1. The highest BCUT2D eigenvalue weighted by atomic mass is 16.6. The molecule has 1 saturated heterocycles. The molecule has 1 aliphatic heterocycles. The van der Waals surface area contributed by atoms with Gasteiger partial charge >= 0.3 is 5.97 Å². The lowest BCUT2D eigenvalue weighted by molar-refractivity contribution is -0.152. The second-order valence-electron chi connectivity index (χ2n) is 7.23. The van der Waals surface area contributed by atoms with Crippen molar-refractivity contribution in [2.45, 2.75) is 51.0 Å². The minimum Gasteiger partial charge on any atom is -0.463 e. The first-order chi connectivity index (χ1) is 8.71. The molecule has 0 radical (unpaired) electrons. The first kappa shape index (κ1) is 11.3. The van der Waals surface area contributed by atoms with Crippen molar-refractivity contribution in [2.75, 3.05) is 13.2 Å². The van der Waals surface area contributed by atoms with E-state index >= 15 is 0 Å². The summed E-state index contributed by atoms with van der Waals surface area (Å²) < 4.78 is 10.4. The minimum absolute atomic E-state index is 0.0208. The minimum atomic E-state index is 0.0208. The molecule has 18 heavy (non-hydrogen) atoms. The molecule has 5 rings (SSSR count). The summed E-state index contributed by atoms with van der Waals surface area (Å²) in [6.07, 6.45) is 9.03. The van der Waals surface area contributed by atoms with Crippen LogP contribution in [0.3, 0.4) is 0 Å². The molecule has 5 aliphatic rings. The van der Waals surface area contributed by atoms with Gasteiger partial charge in [0.1, 0.15) is 12.7 Å². The van der Waals surface area contributed by atoms with Crippen LogP contribution in [0.1, 0.15) is 44.9 Å². The Morgan fingerprint density at radius 2 is 1.67 bits per heavy atom. The largest absolute Gasteiger partial charge is 0.463 e. The zero-order chi connectivity index (χ0) is 12.2. The standard InChI is InChI=1S/C15H22O3/c16-14(18-9-13-8-17-13)7-15-4-10-1-11(5-15)3-12(2-10)6-15/h10-13H,1-9H2. The van der Waals surface area contributed by atoms with Crippen molar-refractivity contribution in [1.29, 1.82) is 0 Å². The van der Waals surface area contributed by atoms with Gasteiger partial charge < -0.3 is 9.47 Å². The van der Waals surface area contributed by atoms with E-state index in [-0.39, 0.29) is 12.1 Å². The lowest BCUT2D eigenvalue weighted by Crippen LogP contribution is -2.47. The van der Waals surface area contributed by atoms with Gasteiger partial charge in [0.05, 0.1) is 13.0 Å².